The number of carbonyl (C=O) groups is 1. The Kier molecular flexibility index (Phi) is 1.76. The lowest BCUT2D eigenvalue weighted by Crippen LogP contribution is -2.28. The molecule has 1 spiro atoms. The van der Waals surface area contributed by atoms with Crippen molar-refractivity contribution in [1.29, 1.82) is 0 Å². The fraction of sp³-hybridized carbons (Fsp3) is 0.417. The molecule has 68 valence electrons. The Balaban J connectivity index is 2.35. The highest BCUT2D eigenvalue weighted by Gasteiger charge is 2.41. The van der Waals surface area contributed by atoms with Gasteiger partial charge in [0.1, 0.15) is 0 Å². The molecule has 0 N–H and O–H groups in total. The van der Waals surface area contributed by atoms with Crippen molar-refractivity contribution in [2.45, 2.75) is 26.2 Å². The van der Waals surface area contributed by atoms with Crippen LogP contribution in [-0.4, -0.2) is 5.78 Å². The maximum absolute atomic E-state index is 11.9. The molecule has 1 saturated carbocycles. The van der Waals surface area contributed by atoms with Gasteiger partial charge in [0, 0.05) is 0 Å². The molecule has 0 aromatic rings. The molecular weight excluding hydrogens is 160 g/mol. The first-order valence-electron chi connectivity index (χ1n) is 4.72. The number of ketones is 1. The van der Waals surface area contributed by atoms with Crippen LogP contribution in [0.2, 0.25) is 0 Å². The first kappa shape index (κ1) is 8.49. The molecule has 0 bridgehead atoms. The second kappa shape index (κ2) is 2.69. The van der Waals surface area contributed by atoms with Crippen molar-refractivity contribution in [3.63, 3.8) is 0 Å². The highest BCUT2D eigenvalue weighted by Crippen LogP contribution is 2.45. The van der Waals surface area contributed by atoms with Gasteiger partial charge in [0.05, 0.1) is 5.41 Å². The van der Waals surface area contributed by atoms with Crippen LogP contribution in [0.4, 0.5) is 0 Å². The summed E-state index contributed by atoms with van der Waals surface area (Å²) in [5.41, 5.74) is 1.89. The quantitative estimate of drug-likeness (QED) is 0.516. The molecule has 1 atom stereocenters. The number of allylic oxidation sites excluding steroid dienone is 5. The monoisotopic (exact) mass is 174 g/mol. The second-order valence-electron chi connectivity index (χ2n) is 4.12. The van der Waals surface area contributed by atoms with Crippen molar-refractivity contribution in [2.75, 3.05) is 0 Å². The van der Waals surface area contributed by atoms with Crippen LogP contribution < -0.4 is 0 Å². The highest BCUT2D eigenvalue weighted by atomic mass is 16.1. The predicted molar refractivity (Wildman–Crippen MR) is 53.3 cm³/mol. The van der Waals surface area contributed by atoms with Crippen LogP contribution >= 0.6 is 0 Å². The molecule has 0 radical (unpaired) electrons. The molecular formula is C12H14O. The molecule has 0 heterocycles. The summed E-state index contributed by atoms with van der Waals surface area (Å²) in [6.45, 7) is 5.86. The average Bonchev–Trinajstić information content (AvgIpc) is 2.45. The first-order valence-corrected chi connectivity index (χ1v) is 4.72. The van der Waals surface area contributed by atoms with E-state index in [1.807, 2.05) is 19.1 Å². The SMILES string of the molecule is C=C1CCC2(C=CC=C(C)C2=O)C1. The summed E-state index contributed by atoms with van der Waals surface area (Å²) in [5, 5.41) is 0. The number of rotatable bonds is 0. The Labute approximate surface area is 78.8 Å². The third-order valence-electron chi connectivity index (χ3n) is 3.06. The minimum Gasteiger partial charge on any atom is -0.294 e. The smallest absolute Gasteiger partial charge is 0.168 e. The number of hydrogen-bond donors (Lipinski definition) is 0. The standard InChI is InChI=1S/C12H14O/c1-9-5-7-12(8-9)6-3-4-10(2)11(12)13/h3-4,6H,1,5,7-8H2,2H3. The van der Waals surface area contributed by atoms with Crippen LogP contribution in [0.25, 0.3) is 0 Å². The maximum Gasteiger partial charge on any atom is 0.168 e. The Morgan fingerprint density at radius 2 is 2.31 bits per heavy atom. The van der Waals surface area contributed by atoms with Gasteiger partial charge >= 0.3 is 0 Å². The number of hydrogen-bond acceptors (Lipinski definition) is 1. The van der Waals surface area contributed by atoms with E-state index >= 15 is 0 Å². The minimum atomic E-state index is -0.212. The van der Waals surface area contributed by atoms with Gasteiger partial charge in [-0.25, -0.2) is 0 Å². The molecule has 13 heavy (non-hydrogen) atoms. The van der Waals surface area contributed by atoms with Gasteiger partial charge in [-0.3, -0.25) is 4.79 Å². The number of carbonyl (C=O) groups excluding carboxylic acids is 1. The van der Waals surface area contributed by atoms with Crippen molar-refractivity contribution in [3.05, 3.63) is 36.0 Å². The third kappa shape index (κ3) is 1.19. The van der Waals surface area contributed by atoms with Crippen molar-refractivity contribution in [1.82, 2.24) is 0 Å². The average molecular weight is 174 g/mol. The zero-order chi connectivity index (χ0) is 9.47. The molecule has 2 aliphatic rings. The van der Waals surface area contributed by atoms with Gasteiger partial charge in [-0.1, -0.05) is 30.4 Å². The van der Waals surface area contributed by atoms with E-state index in [2.05, 4.69) is 12.7 Å². The van der Waals surface area contributed by atoms with Crippen LogP contribution in [-0.2, 0) is 4.79 Å². The van der Waals surface area contributed by atoms with Gasteiger partial charge in [0.2, 0.25) is 0 Å². The van der Waals surface area contributed by atoms with E-state index in [9.17, 15) is 4.79 Å². The van der Waals surface area contributed by atoms with E-state index in [0.717, 1.165) is 24.8 Å². The minimum absolute atomic E-state index is 0.212. The van der Waals surface area contributed by atoms with Crippen molar-refractivity contribution >= 4 is 5.78 Å². The molecule has 1 unspecified atom stereocenters. The summed E-state index contributed by atoms with van der Waals surface area (Å²) in [6, 6.07) is 0. The second-order valence-corrected chi connectivity index (χ2v) is 4.12. The van der Waals surface area contributed by atoms with Gasteiger partial charge < -0.3 is 0 Å². The molecule has 0 amide bonds. The van der Waals surface area contributed by atoms with E-state index in [1.54, 1.807) is 0 Å². The molecule has 1 fully saturated rings. The van der Waals surface area contributed by atoms with E-state index < -0.39 is 0 Å². The fourth-order valence-corrected chi connectivity index (χ4v) is 2.28. The maximum atomic E-state index is 11.9. The summed E-state index contributed by atoms with van der Waals surface area (Å²) >= 11 is 0. The van der Waals surface area contributed by atoms with Gasteiger partial charge in [-0.15, -0.1) is 0 Å². The summed E-state index contributed by atoms with van der Waals surface area (Å²) in [6.07, 6.45) is 8.77. The summed E-state index contributed by atoms with van der Waals surface area (Å²) in [5.74, 6) is 0.300. The lowest BCUT2D eigenvalue weighted by atomic mass is 9.76. The third-order valence-corrected chi connectivity index (χ3v) is 3.06. The molecule has 0 aliphatic heterocycles. The molecule has 0 aromatic heterocycles. The summed E-state index contributed by atoms with van der Waals surface area (Å²) in [7, 11) is 0. The summed E-state index contributed by atoms with van der Waals surface area (Å²) < 4.78 is 0. The van der Waals surface area contributed by atoms with Crippen LogP contribution in [0.5, 0.6) is 0 Å². The predicted octanol–water partition coefficient (Wildman–Crippen LogP) is 2.80. The normalized spacial score (nSPS) is 32.8. The number of Topliss-reactive ketones (excluding diaryl/α,β-unsaturated/α-hetero) is 1. The first-order chi connectivity index (χ1) is 6.14. The van der Waals surface area contributed by atoms with E-state index in [-0.39, 0.29) is 5.41 Å². The van der Waals surface area contributed by atoms with Crippen LogP contribution in [0, 0.1) is 5.41 Å². The molecule has 2 aliphatic carbocycles. The lowest BCUT2D eigenvalue weighted by Gasteiger charge is -2.25. The molecule has 1 nitrogen and oxygen atoms in total. The van der Waals surface area contributed by atoms with E-state index in [0.29, 0.717) is 5.78 Å². The van der Waals surface area contributed by atoms with Gasteiger partial charge in [-0.2, -0.15) is 0 Å². The fourth-order valence-electron chi connectivity index (χ4n) is 2.28. The molecule has 1 heteroatoms. The Bertz CT molecular complexity index is 333. The largest absolute Gasteiger partial charge is 0.294 e. The van der Waals surface area contributed by atoms with Crippen molar-refractivity contribution < 1.29 is 4.79 Å². The van der Waals surface area contributed by atoms with Crippen LogP contribution in [0.1, 0.15) is 26.2 Å². The zero-order valence-electron chi connectivity index (χ0n) is 7.97. The zero-order valence-corrected chi connectivity index (χ0v) is 7.97. The topological polar surface area (TPSA) is 17.1 Å². The molecule has 2 rings (SSSR count). The lowest BCUT2D eigenvalue weighted by molar-refractivity contribution is -0.122. The van der Waals surface area contributed by atoms with Gasteiger partial charge in [-0.05, 0) is 31.8 Å². The Morgan fingerprint density at radius 3 is 2.92 bits per heavy atom. The van der Waals surface area contributed by atoms with Gasteiger partial charge in [0.15, 0.2) is 5.78 Å². The van der Waals surface area contributed by atoms with Crippen LogP contribution in [0.3, 0.4) is 0 Å². The Hall–Kier alpha value is -1.11. The molecule has 0 aromatic carbocycles. The molecule has 0 saturated heterocycles. The van der Waals surface area contributed by atoms with E-state index in [1.165, 1.54) is 5.57 Å². The Morgan fingerprint density at radius 1 is 1.54 bits per heavy atom. The van der Waals surface area contributed by atoms with Crippen LogP contribution in [0.15, 0.2) is 36.0 Å². The summed E-state index contributed by atoms with van der Waals surface area (Å²) in [4.78, 5) is 11.9. The highest BCUT2D eigenvalue weighted by molar-refractivity contribution is 6.02. The van der Waals surface area contributed by atoms with Gasteiger partial charge in [0.25, 0.3) is 0 Å². The van der Waals surface area contributed by atoms with Crippen molar-refractivity contribution in [2.24, 2.45) is 5.41 Å². The van der Waals surface area contributed by atoms with E-state index in [4.69, 9.17) is 0 Å². The van der Waals surface area contributed by atoms with Crippen molar-refractivity contribution in [3.8, 4) is 0 Å².